The molecule has 1 heterocycles. The molecule has 148 valence electrons. The Bertz CT molecular complexity index is 1100. The van der Waals surface area contributed by atoms with Gasteiger partial charge >= 0.3 is 35.6 Å². The van der Waals surface area contributed by atoms with Crippen LogP contribution >= 0.6 is 18.6 Å². The van der Waals surface area contributed by atoms with E-state index in [0.717, 1.165) is 0 Å². The standard InChI is InChI=1S/C18H14N.C7H9.2ClH.Ti/c1-13-10-16-8-4-5-9-18(16)19(13)17-11-14-6-2-3-7-15(14)12-17;1-7(2)5-3-4-6-7;;;/h2-12H,1H3;3-5H,1-2H3;2*1H;/q2*-1;;;+2/p-2. The van der Waals surface area contributed by atoms with Crippen LogP contribution in [0.15, 0.2) is 85.0 Å². The van der Waals surface area contributed by atoms with Crippen molar-refractivity contribution in [2.24, 2.45) is 5.41 Å². The fourth-order valence-corrected chi connectivity index (χ4v) is 3.50. The molecule has 0 spiro atoms. The number of para-hydroxylation sites is 1. The molecule has 0 amide bonds. The van der Waals surface area contributed by atoms with Crippen LogP contribution in [0.2, 0.25) is 0 Å². The van der Waals surface area contributed by atoms with E-state index in [0.29, 0.717) is 0 Å². The predicted octanol–water partition coefficient (Wildman–Crippen LogP) is 8.13. The van der Waals surface area contributed by atoms with E-state index < -0.39 is 17.0 Å². The number of rotatable bonds is 1. The first-order valence-electron chi connectivity index (χ1n) is 9.43. The van der Waals surface area contributed by atoms with Gasteiger partial charge in [-0.25, -0.2) is 12.2 Å². The molecule has 0 unspecified atom stereocenters. The minimum atomic E-state index is -0.556. The zero-order valence-electron chi connectivity index (χ0n) is 16.8. The first-order chi connectivity index (χ1) is 13.9. The molecule has 0 N–H and O–H groups in total. The molecule has 0 atom stereocenters. The van der Waals surface area contributed by atoms with Crippen LogP contribution in [-0.2, 0) is 17.0 Å². The van der Waals surface area contributed by atoms with Gasteiger partial charge in [0.05, 0.1) is 5.52 Å². The number of hydrogen-bond acceptors (Lipinski definition) is 0. The van der Waals surface area contributed by atoms with E-state index in [1.807, 2.05) is 12.2 Å². The SMILES string of the molecule is CC1(C)[C-]=CC=C1.Cc1cc2ccccc2n1-c1cc2ccccc2[cH-]1.[Cl][Ti][Cl]. The second-order valence-corrected chi connectivity index (χ2v) is 10.1. The van der Waals surface area contributed by atoms with E-state index in [2.05, 4.69) is 104 Å². The summed E-state index contributed by atoms with van der Waals surface area (Å²) in [4.78, 5) is 0. The fraction of sp³-hybridized carbons (Fsp3) is 0.160. The summed E-state index contributed by atoms with van der Waals surface area (Å²) in [5, 5.41) is 3.90. The average molecular weight is 456 g/mol. The number of benzene rings is 2. The summed E-state index contributed by atoms with van der Waals surface area (Å²) >= 11 is -0.556. The van der Waals surface area contributed by atoms with Gasteiger partial charge in [-0.15, -0.1) is 41.1 Å². The van der Waals surface area contributed by atoms with E-state index in [1.165, 1.54) is 33.1 Å². The van der Waals surface area contributed by atoms with Crippen molar-refractivity contribution in [1.29, 1.82) is 0 Å². The molecule has 1 nitrogen and oxygen atoms in total. The number of allylic oxidation sites excluding steroid dienone is 4. The average Bonchev–Trinajstić information content (AvgIpc) is 3.37. The van der Waals surface area contributed by atoms with Crippen molar-refractivity contribution in [2.75, 3.05) is 0 Å². The van der Waals surface area contributed by atoms with Gasteiger partial charge in [-0.3, -0.25) is 6.08 Å². The third-order valence-electron chi connectivity index (χ3n) is 4.82. The van der Waals surface area contributed by atoms with Crippen molar-refractivity contribution in [3.05, 3.63) is 96.7 Å². The van der Waals surface area contributed by atoms with Crippen LogP contribution in [0.4, 0.5) is 0 Å². The van der Waals surface area contributed by atoms with Crippen molar-refractivity contribution in [1.82, 2.24) is 4.57 Å². The van der Waals surface area contributed by atoms with E-state index in [9.17, 15) is 0 Å². The molecule has 0 aliphatic heterocycles. The fourth-order valence-electron chi connectivity index (χ4n) is 3.50. The molecular weight excluding hydrogens is 433 g/mol. The van der Waals surface area contributed by atoms with Crippen molar-refractivity contribution in [3.63, 3.8) is 0 Å². The van der Waals surface area contributed by atoms with Gasteiger partial charge in [-0.1, -0.05) is 43.5 Å². The molecule has 1 aliphatic rings. The molecule has 1 aliphatic carbocycles. The van der Waals surface area contributed by atoms with Crippen LogP contribution in [0, 0.1) is 18.4 Å². The number of aromatic nitrogens is 1. The van der Waals surface area contributed by atoms with Gasteiger partial charge in [0.15, 0.2) is 0 Å². The molecule has 0 fully saturated rings. The minimum absolute atomic E-state index is 0.208. The van der Waals surface area contributed by atoms with E-state index in [4.69, 9.17) is 18.6 Å². The quantitative estimate of drug-likeness (QED) is 0.201. The molecule has 4 heteroatoms. The summed E-state index contributed by atoms with van der Waals surface area (Å²) in [5.74, 6) is 0. The molecule has 0 bridgehead atoms. The number of hydrogen-bond donors (Lipinski definition) is 0. The summed E-state index contributed by atoms with van der Waals surface area (Å²) in [7, 11) is 9.78. The predicted molar refractivity (Wildman–Crippen MR) is 124 cm³/mol. The van der Waals surface area contributed by atoms with E-state index >= 15 is 0 Å². The number of aryl methyl sites for hydroxylation is 1. The van der Waals surface area contributed by atoms with Crippen LogP contribution in [0.3, 0.4) is 0 Å². The monoisotopic (exact) mass is 455 g/mol. The van der Waals surface area contributed by atoms with Crippen molar-refractivity contribution < 1.29 is 17.0 Å². The second-order valence-electron chi connectivity index (χ2n) is 7.49. The zero-order valence-corrected chi connectivity index (χ0v) is 19.9. The van der Waals surface area contributed by atoms with Crippen LogP contribution < -0.4 is 0 Å². The molecule has 0 saturated heterocycles. The Balaban J connectivity index is 0.000000201. The molecule has 4 aromatic rings. The second kappa shape index (κ2) is 9.91. The number of nitrogens with zero attached hydrogens (tertiary/aromatic N) is 1. The molecule has 29 heavy (non-hydrogen) atoms. The third kappa shape index (κ3) is 5.50. The zero-order chi connectivity index (χ0) is 20.9. The summed E-state index contributed by atoms with van der Waals surface area (Å²) < 4.78 is 2.33. The van der Waals surface area contributed by atoms with Gasteiger partial charge in [0.25, 0.3) is 0 Å². The van der Waals surface area contributed by atoms with Crippen LogP contribution in [0.5, 0.6) is 0 Å². The Kier molecular flexibility index (Phi) is 7.54. The van der Waals surface area contributed by atoms with E-state index in [-0.39, 0.29) is 5.41 Å². The first-order valence-corrected chi connectivity index (χ1v) is 13.7. The topological polar surface area (TPSA) is 4.93 Å². The molecule has 1 aromatic heterocycles. The Morgan fingerprint density at radius 2 is 1.62 bits per heavy atom. The molecule has 0 saturated carbocycles. The third-order valence-corrected chi connectivity index (χ3v) is 4.82. The number of fused-ring (bicyclic) bond motifs is 2. The summed E-state index contributed by atoms with van der Waals surface area (Å²) in [6.45, 7) is 6.43. The van der Waals surface area contributed by atoms with Crippen LogP contribution in [-0.4, -0.2) is 4.57 Å². The maximum absolute atomic E-state index is 4.89. The molecule has 0 radical (unpaired) electrons. The van der Waals surface area contributed by atoms with Crippen molar-refractivity contribution >= 4 is 40.3 Å². The summed E-state index contributed by atoms with van der Waals surface area (Å²) in [6, 6.07) is 23.8. The van der Waals surface area contributed by atoms with Crippen LogP contribution in [0.1, 0.15) is 19.5 Å². The first kappa shape index (κ1) is 22.1. The van der Waals surface area contributed by atoms with Gasteiger partial charge in [-0.05, 0) is 24.7 Å². The molecule has 5 rings (SSSR count). The van der Waals surface area contributed by atoms with Gasteiger partial charge in [0.2, 0.25) is 0 Å². The Morgan fingerprint density at radius 3 is 2.21 bits per heavy atom. The Labute approximate surface area is 189 Å². The summed E-state index contributed by atoms with van der Waals surface area (Å²) in [6.07, 6.45) is 9.28. The Hall–Kier alpha value is -1.64. The molecule has 3 aromatic carbocycles. The Morgan fingerprint density at radius 1 is 0.966 bits per heavy atom. The van der Waals surface area contributed by atoms with Crippen molar-refractivity contribution in [2.45, 2.75) is 20.8 Å². The van der Waals surface area contributed by atoms with Crippen LogP contribution in [0.25, 0.3) is 27.4 Å². The molecular formula is C25H23Cl2NTi-2. The van der Waals surface area contributed by atoms with Gasteiger partial charge < -0.3 is 4.57 Å². The van der Waals surface area contributed by atoms with E-state index in [1.54, 1.807) is 0 Å². The summed E-state index contributed by atoms with van der Waals surface area (Å²) in [5.41, 5.74) is 4.01. The van der Waals surface area contributed by atoms with Crippen molar-refractivity contribution in [3.8, 4) is 5.69 Å². The normalized spacial score (nSPS) is 13.7. The number of halogens is 2. The van der Waals surface area contributed by atoms with Gasteiger partial charge in [0, 0.05) is 11.1 Å². The maximum atomic E-state index is 4.89. The van der Waals surface area contributed by atoms with Gasteiger partial charge in [0.1, 0.15) is 0 Å². The van der Waals surface area contributed by atoms with Gasteiger partial charge in [-0.2, -0.15) is 6.08 Å².